The summed E-state index contributed by atoms with van der Waals surface area (Å²) >= 11 is 0. The van der Waals surface area contributed by atoms with E-state index in [2.05, 4.69) is 10.1 Å². The molecule has 0 aliphatic heterocycles. The summed E-state index contributed by atoms with van der Waals surface area (Å²) in [6.45, 7) is 0. The lowest BCUT2D eigenvalue weighted by atomic mass is 10.2. The largest absolute Gasteiger partial charge is 0.383 e. The molecule has 0 fully saturated rings. The van der Waals surface area contributed by atoms with Crippen molar-refractivity contribution in [3.63, 3.8) is 0 Å². The van der Waals surface area contributed by atoms with Crippen LogP contribution in [0.1, 0.15) is 10.5 Å². The highest BCUT2D eigenvalue weighted by atomic mass is 16.1. The van der Waals surface area contributed by atoms with Crippen LogP contribution < -0.4 is 0 Å². The van der Waals surface area contributed by atoms with E-state index in [-0.39, 0.29) is 5.78 Å². The van der Waals surface area contributed by atoms with E-state index in [9.17, 15) is 4.79 Å². The third-order valence-electron chi connectivity index (χ3n) is 2.61. The highest BCUT2D eigenvalue weighted by Gasteiger charge is 2.12. The quantitative estimate of drug-likeness (QED) is 0.617. The zero-order valence-corrected chi connectivity index (χ0v) is 11.2. The molecule has 0 saturated heterocycles. The molecule has 0 aliphatic carbocycles. The minimum Gasteiger partial charge on any atom is -0.383 e. The van der Waals surface area contributed by atoms with Crippen molar-refractivity contribution in [2.75, 3.05) is 14.1 Å². The van der Waals surface area contributed by atoms with Crippen LogP contribution in [0.5, 0.6) is 0 Å². The maximum absolute atomic E-state index is 12.0. The summed E-state index contributed by atoms with van der Waals surface area (Å²) in [6, 6.07) is 5.54. The van der Waals surface area contributed by atoms with Gasteiger partial charge in [-0.3, -0.25) is 14.5 Å². The number of ketones is 1. The molecule has 98 valence electrons. The zero-order chi connectivity index (χ0) is 13.8. The Balaban J connectivity index is 2.29. The Bertz CT molecular complexity index is 599. The Kier molecular flexibility index (Phi) is 3.75. The van der Waals surface area contributed by atoms with Crippen LogP contribution in [0, 0.1) is 0 Å². The molecule has 0 saturated carbocycles. The first-order valence-electron chi connectivity index (χ1n) is 5.91. The molecule has 0 N–H and O–H groups in total. The summed E-state index contributed by atoms with van der Waals surface area (Å²) in [6.07, 6.45) is 6.69. The monoisotopic (exact) mass is 256 g/mol. The number of nitrogens with zero attached hydrogens (tertiary/aromatic N) is 4. The molecule has 2 rings (SSSR count). The number of hydrogen-bond donors (Lipinski definition) is 0. The van der Waals surface area contributed by atoms with Crippen molar-refractivity contribution in [3.05, 3.63) is 48.6 Å². The smallest absolute Gasteiger partial charge is 0.205 e. The number of carbonyl (C=O) groups excluding carboxylic acids is 1. The summed E-state index contributed by atoms with van der Waals surface area (Å²) < 4.78 is 1.59. The number of rotatable bonds is 4. The van der Waals surface area contributed by atoms with Gasteiger partial charge in [0.25, 0.3) is 0 Å². The predicted octanol–water partition coefficient (Wildman–Crippen LogP) is 1.74. The van der Waals surface area contributed by atoms with Gasteiger partial charge in [0.15, 0.2) is 0 Å². The van der Waals surface area contributed by atoms with Crippen molar-refractivity contribution in [1.29, 1.82) is 0 Å². The lowest BCUT2D eigenvalue weighted by molar-refractivity contribution is 0.103. The van der Waals surface area contributed by atoms with Crippen molar-refractivity contribution in [2.45, 2.75) is 0 Å². The normalized spacial score (nSPS) is 10.9. The van der Waals surface area contributed by atoms with E-state index in [0.717, 1.165) is 11.3 Å². The van der Waals surface area contributed by atoms with Crippen LogP contribution in [0.25, 0.3) is 11.3 Å². The van der Waals surface area contributed by atoms with E-state index in [1.54, 1.807) is 36.4 Å². The number of hydrogen-bond acceptors (Lipinski definition) is 4. The van der Waals surface area contributed by atoms with Gasteiger partial charge in [0.1, 0.15) is 5.69 Å². The van der Waals surface area contributed by atoms with Crippen molar-refractivity contribution >= 4 is 5.78 Å². The van der Waals surface area contributed by atoms with Gasteiger partial charge in [0.05, 0.1) is 5.69 Å². The predicted molar refractivity (Wildman–Crippen MR) is 73.6 cm³/mol. The molecule has 0 amide bonds. The molecule has 0 radical (unpaired) electrons. The number of aryl methyl sites for hydroxylation is 1. The van der Waals surface area contributed by atoms with Crippen LogP contribution in [0.4, 0.5) is 0 Å². The first-order valence-corrected chi connectivity index (χ1v) is 5.91. The Hall–Kier alpha value is -2.43. The van der Waals surface area contributed by atoms with Gasteiger partial charge in [-0.2, -0.15) is 5.10 Å². The highest BCUT2D eigenvalue weighted by Crippen LogP contribution is 2.17. The third-order valence-corrected chi connectivity index (χ3v) is 2.61. The van der Waals surface area contributed by atoms with Crippen molar-refractivity contribution in [1.82, 2.24) is 19.7 Å². The molecule has 2 aromatic rings. The Morgan fingerprint density at radius 2 is 2.21 bits per heavy atom. The third kappa shape index (κ3) is 3.07. The van der Waals surface area contributed by atoms with Gasteiger partial charge in [-0.1, -0.05) is 0 Å². The molecule has 0 bridgehead atoms. The summed E-state index contributed by atoms with van der Waals surface area (Å²) in [5.41, 5.74) is 2.20. The van der Waals surface area contributed by atoms with Gasteiger partial charge in [-0.15, -0.1) is 0 Å². The van der Waals surface area contributed by atoms with Crippen LogP contribution in [0.3, 0.4) is 0 Å². The first-order chi connectivity index (χ1) is 9.08. The molecule has 0 spiro atoms. The van der Waals surface area contributed by atoms with Crippen LogP contribution >= 0.6 is 0 Å². The topological polar surface area (TPSA) is 51.0 Å². The SMILES string of the molecule is CN(C)/C=C/C(=O)c1cc(-c2cccnc2)nn1C. The van der Waals surface area contributed by atoms with Crippen LogP contribution in [-0.4, -0.2) is 39.5 Å². The van der Waals surface area contributed by atoms with Crippen LogP contribution in [0.2, 0.25) is 0 Å². The van der Waals surface area contributed by atoms with Crippen LogP contribution in [0.15, 0.2) is 42.9 Å². The second-order valence-corrected chi connectivity index (χ2v) is 4.42. The minimum atomic E-state index is -0.0705. The molecule has 5 heteroatoms. The Morgan fingerprint density at radius 3 is 2.84 bits per heavy atom. The second kappa shape index (κ2) is 5.48. The average Bonchev–Trinajstić information content (AvgIpc) is 2.79. The molecule has 2 aromatic heterocycles. The maximum Gasteiger partial charge on any atom is 0.205 e. The average molecular weight is 256 g/mol. The van der Waals surface area contributed by atoms with Gasteiger partial charge >= 0.3 is 0 Å². The Morgan fingerprint density at radius 1 is 1.42 bits per heavy atom. The standard InChI is InChI=1S/C14H16N4O/c1-17(2)8-6-14(19)13-9-12(16-18(13)3)11-5-4-7-15-10-11/h4-10H,1-3H3/b8-6+. The minimum absolute atomic E-state index is 0.0705. The molecular formula is C14H16N4O. The summed E-state index contributed by atoms with van der Waals surface area (Å²) in [4.78, 5) is 17.9. The van der Waals surface area contributed by atoms with E-state index < -0.39 is 0 Å². The molecule has 0 unspecified atom stereocenters. The van der Waals surface area contributed by atoms with E-state index in [1.807, 2.05) is 31.1 Å². The van der Waals surface area contributed by atoms with E-state index in [1.165, 1.54) is 6.08 Å². The fraction of sp³-hybridized carbons (Fsp3) is 0.214. The molecular weight excluding hydrogens is 240 g/mol. The number of aromatic nitrogens is 3. The van der Waals surface area contributed by atoms with Crippen molar-refractivity contribution in [3.8, 4) is 11.3 Å². The summed E-state index contributed by atoms with van der Waals surface area (Å²) in [5.74, 6) is -0.0705. The molecule has 19 heavy (non-hydrogen) atoms. The molecule has 0 aromatic carbocycles. The van der Waals surface area contributed by atoms with Crippen molar-refractivity contribution < 1.29 is 4.79 Å². The zero-order valence-electron chi connectivity index (χ0n) is 11.2. The number of allylic oxidation sites excluding steroid dienone is 1. The first kappa shape index (κ1) is 13.0. The fourth-order valence-corrected chi connectivity index (χ4v) is 1.66. The lowest BCUT2D eigenvalue weighted by Crippen LogP contribution is -2.06. The van der Waals surface area contributed by atoms with Crippen molar-refractivity contribution in [2.24, 2.45) is 7.05 Å². The number of carbonyl (C=O) groups is 1. The fourth-order valence-electron chi connectivity index (χ4n) is 1.66. The second-order valence-electron chi connectivity index (χ2n) is 4.42. The van der Waals surface area contributed by atoms with Crippen LogP contribution in [-0.2, 0) is 7.05 Å². The molecule has 5 nitrogen and oxygen atoms in total. The van der Waals surface area contributed by atoms with E-state index in [4.69, 9.17) is 0 Å². The highest BCUT2D eigenvalue weighted by molar-refractivity contribution is 6.03. The molecule has 0 aliphatic rings. The van der Waals surface area contributed by atoms with Gasteiger partial charge in [-0.05, 0) is 18.2 Å². The van der Waals surface area contributed by atoms with Gasteiger partial charge in [0, 0.05) is 51.4 Å². The Labute approximate surface area is 112 Å². The van der Waals surface area contributed by atoms with E-state index >= 15 is 0 Å². The summed E-state index contributed by atoms with van der Waals surface area (Å²) in [5, 5.41) is 4.34. The molecule has 2 heterocycles. The maximum atomic E-state index is 12.0. The molecule has 0 atom stereocenters. The van der Waals surface area contributed by atoms with Gasteiger partial charge < -0.3 is 4.90 Å². The van der Waals surface area contributed by atoms with Gasteiger partial charge in [-0.25, -0.2) is 0 Å². The van der Waals surface area contributed by atoms with Gasteiger partial charge in [0.2, 0.25) is 5.78 Å². The van der Waals surface area contributed by atoms with E-state index in [0.29, 0.717) is 5.69 Å². The summed E-state index contributed by atoms with van der Waals surface area (Å²) in [7, 11) is 5.50. The number of pyridine rings is 1. The lowest BCUT2D eigenvalue weighted by Gasteiger charge is -2.02.